The van der Waals surface area contributed by atoms with Crippen molar-refractivity contribution >= 4 is 46.1 Å². The van der Waals surface area contributed by atoms with E-state index < -0.39 is 47.7 Å². The highest BCUT2D eigenvalue weighted by molar-refractivity contribution is 6.29. The lowest BCUT2D eigenvalue weighted by Crippen LogP contribution is -2.56. The molecule has 0 aliphatic rings. The molecular formula is C20H24ClF2N5O4. The summed E-state index contributed by atoms with van der Waals surface area (Å²) in [6.07, 6.45) is -0.160. The van der Waals surface area contributed by atoms with Crippen molar-refractivity contribution in [2.45, 2.75) is 38.4 Å². The first kappa shape index (κ1) is 25.1. The Balaban J connectivity index is 2.18. The Labute approximate surface area is 187 Å². The third kappa shape index (κ3) is 6.91. The smallest absolute Gasteiger partial charge is 0.291 e. The maximum absolute atomic E-state index is 13.4. The zero-order valence-electron chi connectivity index (χ0n) is 17.5. The van der Waals surface area contributed by atoms with Gasteiger partial charge in [-0.1, -0.05) is 25.4 Å². The summed E-state index contributed by atoms with van der Waals surface area (Å²) >= 11 is 5.17. The number of hydrogen-bond acceptors (Lipinski definition) is 4. The average molecular weight is 472 g/mol. The lowest BCUT2D eigenvalue weighted by Gasteiger charge is -2.27. The highest BCUT2D eigenvalue weighted by Gasteiger charge is 2.29. The molecule has 1 aromatic heterocycles. The predicted octanol–water partition coefficient (Wildman–Crippen LogP) is 1.72. The third-order valence-corrected chi connectivity index (χ3v) is 4.62. The fourth-order valence-electron chi connectivity index (χ4n) is 2.94. The van der Waals surface area contributed by atoms with Crippen molar-refractivity contribution in [2.75, 3.05) is 6.54 Å². The SMILES string of the molecule is CC(C)C[C@H](NC(=O)c1cc2cc(F)ccc2[nH]1)C(=O)NN(CCC(N)=O)C(=O)[C@H](F)Cl. The highest BCUT2D eigenvalue weighted by atomic mass is 35.5. The number of benzene rings is 1. The number of fused-ring (bicyclic) bond motifs is 1. The molecular weight excluding hydrogens is 448 g/mol. The minimum atomic E-state index is -2.45. The van der Waals surface area contributed by atoms with Crippen LogP contribution in [0.1, 0.15) is 37.2 Å². The molecule has 5 N–H and O–H groups in total. The van der Waals surface area contributed by atoms with Gasteiger partial charge < -0.3 is 16.0 Å². The number of carbonyl (C=O) groups excluding carboxylic acids is 4. The van der Waals surface area contributed by atoms with Crippen LogP contribution >= 0.6 is 11.6 Å². The number of amides is 4. The molecule has 0 aliphatic heterocycles. The number of primary amides is 1. The van der Waals surface area contributed by atoms with E-state index in [0.717, 1.165) is 0 Å². The van der Waals surface area contributed by atoms with Crippen molar-refractivity contribution in [1.82, 2.24) is 20.7 Å². The van der Waals surface area contributed by atoms with E-state index in [1.165, 1.54) is 24.3 Å². The lowest BCUT2D eigenvalue weighted by atomic mass is 10.0. The van der Waals surface area contributed by atoms with Crippen LogP contribution in [0.15, 0.2) is 24.3 Å². The zero-order chi connectivity index (χ0) is 24.0. The number of H-pyrrole nitrogens is 1. The van der Waals surface area contributed by atoms with E-state index in [1.54, 1.807) is 0 Å². The highest BCUT2D eigenvalue weighted by Crippen LogP contribution is 2.17. The van der Waals surface area contributed by atoms with Gasteiger partial charge in [-0.3, -0.25) is 24.6 Å². The summed E-state index contributed by atoms with van der Waals surface area (Å²) in [4.78, 5) is 51.3. The Morgan fingerprint density at radius 3 is 2.50 bits per heavy atom. The molecule has 4 amide bonds. The van der Waals surface area contributed by atoms with Gasteiger partial charge in [0.1, 0.15) is 17.6 Å². The largest absolute Gasteiger partial charge is 0.370 e. The van der Waals surface area contributed by atoms with Gasteiger partial charge in [-0.25, -0.2) is 13.8 Å². The Kier molecular flexibility index (Phi) is 8.53. The topological polar surface area (TPSA) is 137 Å². The van der Waals surface area contributed by atoms with E-state index in [2.05, 4.69) is 15.7 Å². The van der Waals surface area contributed by atoms with E-state index in [9.17, 15) is 28.0 Å². The molecule has 2 rings (SSSR count). The molecule has 2 atom stereocenters. The van der Waals surface area contributed by atoms with Gasteiger partial charge in [-0.05, 0) is 36.6 Å². The number of nitrogens with two attached hydrogens (primary N) is 1. The summed E-state index contributed by atoms with van der Waals surface area (Å²) in [6.45, 7) is 3.22. The molecule has 0 saturated carbocycles. The van der Waals surface area contributed by atoms with Crippen LogP contribution in [0.4, 0.5) is 8.78 Å². The Hall–Kier alpha value is -3.21. The van der Waals surface area contributed by atoms with Gasteiger partial charge in [0.25, 0.3) is 23.4 Å². The second kappa shape index (κ2) is 10.9. The zero-order valence-corrected chi connectivity index (χ0v) is 18.2. The third-order valence-electron chi connectivity index (χ3n) is 4.44. The van der Waals surface area contributed by atoms with Crippen LogP contribution in [0.5, 0.6) is 0 Å². The number of carbonyl (C=O) groups is 4. The number of nitrogens with one attached hydrogen (secondary N) is 3. The molecule has 0 unspecified atom stereocenters. The molecule has 32 heavy (non-hydrogen) atoms. The number of aromatic amines is 1. The van der Waals surface area contributed by atoms with Crippen molar-refractivity contribution in [2.24, 2.45) is 11.7 Å². The minimum absolute atomic E-state index is 0.0421. The number of hydrazine groups is 1. The van der Waals surface area contributed by atoms with Crippen molar-refractivity contribution < 1.29 is 28.0 Å². The molecule has 0 fully saturated rings. The first-order chi connectivity index (χ1) is 15.0. The fraction of sp³-hybridized carbons (Fsp3) is 0.400. The van der Waals surface area contributed by atoms with E-state index in [-0.39, 0.29) is 24.5 Å². The van der Waals surface area contributed by atoms with Gasteiger partial charge in [0.05, 0.1) is 6.54 Å². The van der Waals surface area contributed by atoms with Crippen LogP contribution < -0.4 is 16.5 Å². The standard InChI is InChI=1S/C20H24ClF2N5O4/c1-10(2)7-14(19(31)27-28(6-5-16(24)29)20(32)17(21)23)26-18(30)15-9-11-8-12(22)3-4-13(11)25-15/h3-4,8-10,14,17,25H,5-7H2,1-2H3,(H2,24,29)(H,26,30)(H,27,31)/t14-,17-/m0/s1. The Morgan fingerprint density at radius 1 is 1.22 bits per heavy atom. The first-order valence-corrected chi connectivity index (χ1v) is 10.2. The van der Waals surface area contributed by atoms with Gasteiger partial charge in [0.15, 0.2) is 0 Å². The normalized spacial score (nSPS) is 12.9. The summed E-state index contributed by atoms with van der Waals surface area (Å²) in [5.41, 5.74) is 5.41. The number of hydrogen-bond donors (Lipinski definition) is 4. The quantitative estimate of drug-likeness (QED) is 0.327. The molecule has 12 heteroatoms. The summed E-state index contributed by atoms with van der Waals surface area (Å²) in [5.74, 6) is -4.02. The van der Waals surface area contributed by atoms with Crippen LogP contribution in [0.25, 0.3) is 10.9 Å². The molecule has 2 aromatic rings. The first-order valence-electron chi connectivity index (χ1n) is 9.75. The molecule has 0 spiro atoms. The average Bonchev–Trinajstić information content (AvgIpc) is 3.12. The number of rotatable bonds is 9. The van der Waals surface area contributed by atoms with E-state index in [0.29, 0.717) is 15.9 Å². The maximum atomic E-state index is 13.4. The second-order valence-electron chi connectivity index (χ2n) is 7.55. The Morgan fingerprint density at radius 2 is 1.91 bits per heavy atom. The van der Waals surface area contributed by atoms with Crippen molar-refractivity contribution in [1.29, 1.82) is 0 Å². The van der Waals surface area contributed by atoms with E-state index >= 15 is 0 Å². The molecule has 1 heterocycles. The van der Waals surface area contributed by atoms with Crippen LogP contribution in [-0.2, 0) is 14.4 Å². The van der Waals surface area contributed by atoms with Gasteiger partial charge in [0.2, 0.25) is 5.91 Å². The number of halogens is 3. The van der Waals surface area contributed by atoms with Crippen molar-refractivity contribution in [3.8, 4) is 0 Å². The monoisotopic (exact) mass is 471 g/mol. The summed E-state index contributed by atoms with van der Waals surface area (Å²) in [5, 5.41) is 3.57. The van der Waals surface area contributed by atoms with Crippen molar-refractivity contribution in [3.05, 3.63) is 35.8 Å². The minimum Gasteiger partial charge on any atom is -0.370 e. The summed E-state index contributed by atoms with van der Waals surface area (Å²) in [6, 6.07) is 4.29. The van der Waals surface area contributed by atoms with Crippen LogP contribution in [-0.4, -0.2) is 51.8 Å². The van der Waals surface area contributed by atoms with Gasteiger partial charge in [0, 0.05) is 17.3 Å². The van der Waals surface area contributed by atoms with Gasteiger partial charge >= 0.3 is 0 Å². The maximum Gasteiger partial charge on any atom is 0.291 e. The molecule has 9 nitrogen and oxygen atoms in total. The lowest BCUT2D eigenvalue weighted by molar-refractivity contribution is -0.144. The molecule has 0 radical (unpaired) electrons. The van der Waals surface area contributed by atoms with Gasteiger partial charge in [-0.15, -0.1) is 0 Å². The molecule has 1 aromatic carbocycles. The fourth-order valence-corrected chi connectivity index (χ4v) is 3.05. The van der Waals surface area contributed by atoms with Gasteiger partial charge in [-0.2, -0.15) is 0 Å². The van der Waals surface area contributed by atoms with Crippen molar-refractivity contribution in [3.63, 3.8) is 0 Å². The number of nitrogens with zero attached hydrogens (tertiary/aromatic N) is 1. The van der Waals surface area contributed by atoms with E-state index in [4.69, 9.17) is 17.3 Å². The molecule has 0 bridgehead atoms. The molecule has 0 saturated heterocycles. The summed E-state index contributed by atoms with van der Waals surface area (Å²) in [7, 11) is 0. The van der Waals surface area contributed by atoms with E-state index in [1.807, 2.05) is 13.8 Å². The van der Waals surface area contributed by atoms with Crippen LogP contribution in [0, 0.1) is 11.7 Å². The van der Waals surface area contributed by atoms with Crippen LogP contribution in [0.3, 0.4) is 0 Å². The molecule has 174 valence electrons. The summed E-state index contributed by atoms with van der Waals surface area (Å²) < 4.78 is 26.7. The second-order valence-corrected chi connectivity index (χ2v) is 7.94. The number of alkyl halides is 2. The number of aromatic nitrogens is 1. The predicted molar refractivity (Wildman–Crippen MR) is 113 cm³/mol. The Bertz CT molecular complexity index is 1010. The van der Waals surface area contributed by atoms with Crippen LogP contribution in [0.2, 0.25) is 0 Å². The molecule has 0 aliphatic carbocycles.